The molecule has 3 N–H and O–H groups in total. The Morgan fingerprint density at radius 2 is 1.78 bits per heavy atom. The summed E-state index contributed by atoms with van der Waals surface area (Å²) in [5, 5.41) is 8.99. The largest absolute Gasteiger partial charge is 0.370 e. The topological polar surface area (TPSA) is 120 Å². The van der Waals surface area contributed by atoms with Gasteiger partial charge in [0.1, 0.15) is 12.6 Å². The minimum absolute atomic E-state index is 0.0446. The van der Waals surface area contributed by atoms with E-state index in [2.05, 4.69) is 16.0 Å². The fourth-order valence-electron chi connectivity index (χ4n) is 4.46. The second-order valence-electron chi connectivity index (χ2n) is 8.83. The van der Waals surface area contributed by atoms with E-state index in [1.807, 2.05) is 6.92 Å². The van der Waals surface area contributed by atoms with Crippen molar-refractivity contribution in [3.63, 3.8) is 0 Å². The lowest BCUT2D eigenvalue weighted by Gasteiger charge is -2.28. The summed E-state index contributed by atoms with van der Waals surface area (Å²) in [6.45, 7) is 4.43. The van der Waals surface area contributed by atoms with E-state index in [0.29, 0.717) is 29.5 Å². The van der Waals surface area contributed by atoms with E-state index in [1.165, 1.54) is 11.8 Å². The van der Waals surface area contributed by atoms with Gasteiger partial charge in [-0.3, -0.25) is 14.4 Å². The number of aryl methyl sites for hydroxylation is 1. The number of urea groups is 1. The quantitative estimate of drug-likeness (QED) is 0.568. The molecule has 2 fully saturated rings. The van der Waals surface area contributed by atoms with Gasteiger partial charge in [0.05, 0.1) is 6.61 Å². The molecule has 0 radical (unpaired) electrons. The van der Waals surface area contributed by atoms with Crippen molar-refractivity contribution in [2.24, 2.45) is 0 Å². The third-order valence-electron chi connectivity index (χ3n) is 6.11. The van der Waals surface area contributed by atoms with Crippen LogP contribution in [0.1, 0.15) is 18.9 Å². The third kappa shape index (κ3) is 5.95. The Hall–Kier alpha value is -3.63. The minimum Gasteiger partial charge on any atom is -0.370 e. The molecule has 0 aromatic heterocycles. The van der Waals surface area contributed by atoms with Gasteiger partial charge >= 0.3 is 6.03 Å². The van der Waals surface area contributed by atoms with Gasteiger partial charge in [0.25, 0.3) is 5.91 Å². The van der Waals surface area contributed by atoms with Gasteiger partial charge in [0, 0.05) is 48.1 Å². The second kappa shape index (κ2) is 11.0. The highest BCUT2D eigenvalue weighted by molar-refractivity contribution is 6.30. The molecule has 2 atom stereocenters. The molecule has 36 heavy (non-hydrogen) atoms. The number of morpholine rings is 1. The number of hydrogen-bond donors (Lipinski definition) is 3. The Morgan fingerprint density at radius 3 is 2.44 bits per heavy atom. The molecule has 0 saturated carbocycles. The first-order chi connectivity index (χ1) is 17.2. The van der Waals surface area contributed by atoms with E-state index in [0.717, 1.165) is 11.3 Å². The van der Waals surface area contributed by atoms with Crippen molar-refractivity contribution >= 4 is 52.4 Å². The maximum atomic E-state index is 13.3. The molecule has 2 aromatic carbocycles. The van der Waals surface area contributed by atoms with E-state index in [9.17, 15) is 19.2 Å². The van der Waals surface area contributed by atoms with Gasteiger partial charge in [-0.2, -0.15) is 0 Å². The van der Waals surface area contributed by atoms with Crippen LogP contribution in [0.2, 0.25) is 5.02 Å². The van der Waals surface area contributed by atoms with Crippen molar-refractivity contribution < 1.29 is 23.9 Å². The molecule has 2 aliphatic rings. The number of halogens is 1. The van der Waals surface area contributed by atoms with Crippen LogP contribution in [0.4, 0.5) is 21.9 Å². The van der Waals surface area contributed by atoms with Crippen molar-refractivity contribution in [2.75, 3.05) is 41.8 Å². The monoisotopic (exact) mass is 513 g/mol. The van der Waals surface area contributed by atoms with E-state index in [4.69, 9.17) is 16.3 Å². The number of likely N-dealkylation sites (tertiary alicyclic amines) is 1. The fraction of sp³-hybridized carbons (Fsp3) is 0.360. The zero-order chi connectivity index (χ0) is 25.8. The lowest BCUT2D eigenvalue weighted by atomic mass is 10.1. The van der Waals surface area contributed by atoms with Crippen molar-refractivity contribution in [3.8, 4) is 0 Å². The Bertz CT molecular complexity index is 1170. The first-order valence-electron chi connectivity index (χ1n) is 11.6. The molecule has 0 bridgehead atoms. The van der Waals surface area contributed by atoms with E-state index in [1.54, 1.807) is 47.4 Å². The van der Waals surface area contributed by atoms with Crippen LogP contribution in [0.25, 0.3) is 0 Å². The summed E-state index contributed by atoms with van der Waals surface area (Å²) in [5.41, 5.74) is 2.66. The van der Waals surface area contributed by atoms with Gasteiger partial charge in [0.15, 0.2) is 0 Å². The van der Waals surface area contributed by atoms with Gasteiger partial charge in [0.2, 0.25) is 11.8 Å². The van der Waals surface area contributed by atoms with Gasteiger partial charge in [-0.15, -0.1) is 0 Å². The third-order valence-corrected chi connectivity index (χ3v) is 6.36. The molecule has 2 aliphatic heterocycles. The van der Waals surface area contributed by atoms with E-state index >= 15 is 0 Å². The SMILES string of the molecule is CC(=O)N[C@H]1C[C@H](C(=O)Nc2ccc(N3CCOCC3=O)c(C)c2)N(C(=O)Nc2ccc(Cl)cc2)C1. The highest BCUT2D eigenvalue weighted by atomic mass is 35.5. The fourth-order valence-corrected chi connectivity index (χ4v) is 4.59. The number of rotatable bonds is 5. The Kier molecular flexibility index (Phi) is 7.76. The van der Waals surface area contributed by atoms with Crippen molar-refractivity contribution in [1.82, 2.24) is 10.2 Å². The maximum Gasteiger partial charge on any atom is 0.322 e. The molecule has 2 heterocycles. The summed E-state index contributed by atoms with van der Waals surface area (Å²) >= 11 is 5.92. The maximum absolute atomic E-state index is 13.3. The van der Waals surface area contributed by atoms with Crippen LogP contribution >= 0.6 is 11.6 Å². The predicted molar refractivity (Wildman–Crippen MR) is 136 cm³/mol. The summed E-state index contributed by atoms with van der Waals surface area (Å²) in [6.07, 6.45) is 0.277. The van der Waals surface area contributed by atoms with Crippen LogP contribution in [0.3, 0.4) is 0 Å². The van der Waals surface area contributed by atoms with E-state index < -0.39 is 12.1 Å². The zero-order valence-corrected chi connectivity index (χ0v) is 20.8. The molecule has 2 aromatic rings. The number of carbonyl (C=O) groups excluding carboxylic acids is 4. The Balaban J connectivity index is 1.48. The number of amides is 5. The molecule has 190 valence electrons. The molecule has 11 heteroatoms. The van der Waals surface area contributed by atoms with Gasteiger partial charge < -0.3 is 30.5 Å². The summed E-state index contributed by atoms with van der Waals surface area (Å²) in [7, 11) is 0. The van der Waals surface area contributed by atoms with Crippen LogP contribution in [-0.2, 0) is 19.1 Å². The Labute approximate surface area is 213 Å². The molecule has 5 amide bonds. The van der Waals surface area contributed by atoms with Crippen LogP contribution in [0.15, 0.2) is 42.5 Å². The molecular weight excluding hydrogens is 486 g/mol. The summed E-state index contributed by atoms with van der Waals surface area (Å²) in [6, 6.07) is 10.3. The molecule has 0 aliphatic carbocycles. The molecule has 0 spiro atoms. The Morgan fingerprint density at radius 1 is 1.06 bits per heavy atom. The number of benzene rings is 2. The van der Waals surface area contributed by atoms with Gasteiger partial charge in [-0.25, -0.2) is 4.79 Å². The summed E-state index contributed by atoms with van der Waals surface area (Å²) in [5.74, 6) is -0.717. The average Bonchev–Trinajstić information content (AvgIpc) is 3.25. The number of carbonyl (C=O) groups is 4. The number of ether oxygens (including phenoxy) is 1. The normalized spacial score (nSPS) is 19.7. The second-order valence-corrected chi connectivity index (χ2v) is 9.26. The van der Waals surface area contributed by atoms with Crippen LogP contribution in [0, 0.1) is 6.92 Å². The number of anilines is 3. The summed E-state index contributed by atoms with van der Waals surface area (Å²) in [4.78, 5) is 53.2. The first-order valence-corrected chi connectivity index (χ1v) is 12.0. The highest BCUT2D eigenvalue weighted by Gasteiger charge is 2.40. The number of nitrogens with zero attached hydrogens (tertiary/aromatic N) is 2. The summed E-state index contributed by atoms with van der Waals surface area (Å²) < 4.78 is 5.19. The lowest BCUT2D eigenvalue weighted by molar-refractivity contribution is -0.125. The average molecular weight is 514 g/mol. The van der Waals surface area contributed by atoms with Crippen molar-refractivity contribution in [2.45, 2.75) is 32.4 Å². The first kappa shape index (κ1) is 25.5. The molecule has 2 saturated heterocycles. The van der Waals surface area contributed by atoms with Gasteiger partial charge in [-0.1, -0.05) is 11.6 Å². The lowest BCUT2D eigenvalue weighted by Crippen LogP contribution is -2.45. The molecular formula is C25H28ClN5O5. The highest BCUT2D eigenvalue weighted by Crippen LogP contribution is 2.27. The molecule has 0 unspecified atom stereocenters. The standard InChI is InChI=1S/C25H28ClN5O5/c1-15-11-19(7-8-21(15)30-9-10-36-14-23(30)33)28-24(34)22-12-20(27-16(2)32)13-31(22)25(35)29-18-5-3-17(26)4-6-18/h3-8,11,20,22H,9-10,12-14H2,1-2H3,(H,27,32)(H,28,34)(H,29,35)/t20-,22+/m0/s1. The van der Waals surface area contributed by atoms with Crippen molar-refractivity contribution in [3.05, 3.63) is 53.1 Å². The smallest absolute Gasteiger partial charge is 0.322 e. The number of hydrogen-bond acceptors (Lipinski definition) is 5. The number of nitrogens with one attached hydrogen (secondary N) is 3. The molecule has 4 rings (SSSR count). The van der Waals surface area contributed by atoms with Crippen LogP contribution < -0.4 is 20.9 Å². The zero-order valence-electron chi connectivity index (χ0n) is 20.0. The predicted octanol–water partition coefficient (Wildman–Crippen LogP) is 2.76. The van der Waals surface area contributed by atoms with E-state index in [-0.39, 0.29) is 43.3 Å². The molecule has 10 nitrogen and oxygen atoms in total. The van der Waals surface area contributed by atoms with Crippen molar-refractivity contribution in [1.29, 1.82) is 0 Å². The van der Waals surface area contributed by atoms with Gasteiger partial charge in [-0.05, 0) is 61.4 Å². The van der Waals surface area contributed by atoms with Crippen LogP contribution in [0.5, 0.6) is 0 Å². The minimum atomic E-state index is -0.796. The van der Waals surface area contributed by atoms with Crippen LogP contribution in [-0.4, -0.2) is 67.0 Å².